The minimum Gasteiger partial charge on any atom is -0.493 e. The van der Waals surface area contributed by atoms with E-state index in [1.807, 2.05) is 6.07 Å². The Labute approximate surface area is 152 Å². The number of hydrazone groups is 1. The summed E-state index contributed by atoms with van der Waals surface area (Å²) < 4.78 is 11.3. The van der Waals surface area contributed by atoms with Crippen molar-refractivity contribution in [3.8, 4) is 11.5 Å². The maximum Gasteiger partial charge on any atom is 0.343 e. The van der Waals surface area contributed by atoms with Crippen LogP contribution in [0.25, 0.3) is 0 Å². The van der Waals surface area contributed by atoms with Crippen LogP contribution in [0.4, 0.5) is 0 Å². The smallest absolute Gasteiger partial charge is 0.343 e. The second-order valence-corrected chi connectivity index (χ2v) is 5.82. The molecule has 0 bridgehead atoms. The molecule has 0 radical (unpaired) electrons. The maximum atomic E-state index is 12.2. The lowest BCUT2D eigenvalue weighted by Gasteiger charge is -2.12. The number of halogens is 1. The number of hydrogen-bond acceptors (Lipinski definition) is 5. The predicted octanol–water partition coefficient (Wildman–Crippen LogP) is 2.84. The van der Waals surface area contributed by atoms with Crippen molar-refractivity contribution in [1.29, 1.82) is 0 Å². The largest absolute Gasteiger partial charge is 0.493 e. The van der Waals surface area contributed by atoms with Crippen molar-refractivity contribution in [3.05, 3.63) is 58.1 Å². The first-order chi connectivity index (χ1) is 11.5. The van der Waals surface area contributed by atoms with Crippen LogP contribution in [-0.4, -0.2) is 24.4 Å². The van der Waals surface area contributed by atoms with E-state index in [-0.39, 0.29) is 10.9 Å². The molecule has 2 aromatic rings. The predicted molar refractivity (Wildman–Crippen MR) is 99.6 cm³/mol. The standard InChI is InChI=1S/C16H14BrN3O3S/c1-22-13-8-10(9-19-20-16(18)24)7-12(17)14(13)23-15(21)11-5-3-2-4-6-11/h2-9H,1H3,(H3,18,20,24)/b19-9-. The zero-order valence-corrected chi connectivity index (χ0v) is 15.1. The lowest BCUT2D eigenvalue weighted by Crippen LogP contribution is -2.24. The van der Waals surface area contributed by atoms with Gasteiger partial charge < -0.3 is 15.2 Å². The lowest BCUT2D eigenvalue weighted by atomic mass is 10.2. The summed E-state index contributed by atoms with van der Waals surface area (Å²) in [6, 6.07) is 12.1. The number of benzene rings is 2. The molecule has 0 atom stereocenters. The number of carbonyl (C=O) groups excluding carboxylic acids is 1. The number of nitrogens with two attached hydrogens (primary N) is 1. The fourth-order valence-electron chi connectivity index (χ4n) is 1.81. The summed E-state index contributed by atoms with van der Waals surface area (Å²) >= 11 is 8.03. The van der Waals surface area contributed by atoms with E-state index >= 15 is 0 Å². The summed E-state index contributed by atoms with van der Waals surface area (Å²) in [5.41, 5.74) is 8.89. The van der Waals surface area contributed by atoms with Crippen LogP contribution >= 0.6 is 28.1 Å². The molecule has 0 saturated heterocycles. The first-order valence-corrected chi connectivity index (χ1v) is 7.94. The molecule has 2 aromatic carbocycles. The average molecular weight is 408 g/mol. The van der Waals surface area contributed by atoms with Gasteiger partial charge in [-0.1, -0.05) is 18.2 Å². The lowest BCUT2D eigenvalue weighted by molar-refractivity contribution is 0.0728. The van der Waals surface area contributed by atoms with Gasteiger partial charge in [-0.15, -0.1) is 0 Å². The Kier molecular flexibility index (Phi) is 6.28. The molecule has 0 fully saturated rings. The van der Waals surface area contributed by atoms with E-state index in [1.165, 1.54) is 13.3 Å². The SMILES string of the molecule is COc1cc(/C=N\NC(N)=S)cc(Br)c1OC(=O)c1ccccc1. The Bertz CT molecular complexity index is 782. The van der Waals surface area contributed by atoms with Crippen molar-refractivity contribution in [2.24, 2.45) is 10.8 Å². The number of hydrogen-bond donors (Lipinski definition) is 2. The Hall–Kier alpha value is -2.45. The highest BCUT2D eigenvalue weighted by Crippen LogP contribution is 2.36. The number of rotatable bonds is 5. The minimum atomic E-state index is -0.480. The van der Waals surface area contributed by atoms with Gasteiger partial charge in [0.2, 0.25) is 0 Å². The third kappa shape index (κ3) is 4.77. The average Bonchev–Trinajstić information content (AvgIpc) is 2.57. The Morgan fingerprint density at radius 1 is 1.33 bits per heavy atom. The molecule has 0 spiro atoms. The Morgan fingerprint density at radius 2 is 2.04 bits per heavy atom. The molecule has 0 heterocycles. The second-order valence-electron chi connectivity index (χ2n) is 4.52. The molecule has 0 aliphatic rings. The molecule has 3 N–H and O–H groups in total. The summed E-state index contributed by atoms with van der Waals surface area (Å²) in [5, 5.41) is 3.93. The number of nitrogens with one attached hydrogen (secondary N) is 1. The molecule has 0 aromatic heterocycles. The van der Waals surface area contributed by atoms with Crippen molar-refractivity contribution in [3.63, 3.8) is 0 Å². The van der Waals surface area contributed by atoms with Crippen molar-refractivity contribution in [1.82, 2.24) is 5.43 Å². The van der Waals surface area contributed by atoms with Crippen LogP contribution in [0.2, 0.25) is 0 Å². The summed E-state index contributed by atoms with van der Waals surface area (Å²) in [5.74, 6) is 0.183. The molecular formula is C16H14BrN3O3S. The van der Waals surface area contributed by atoms with Gasteiger partial charge in [-0.2, -0.15) is 5.10 Å². The van der Waals surface area contributed by atoms with Gasteiger partial charge in [0.15, 0.2) is 16.6 Å². The van der Waals surface area contributed by atoms with Crippen molar-refractivity contribution in [2.75, 3.05) is 7.11 Å². The highest BCUT2D eigenvalue weighted by molar-refractivity contribution is 9.10. The first-order valence-electron chi connectivity index (χ1n) is 6.74. The number of methoxy groups -OCH3 is 1. The molecule has 0 amide bonds. The monoisotopic (exact) mass is 407 g/mol. The van der Waals surface area contributed by atoms with Crippen LogP contribution in [0.3, 0.4) is 0 Å². The summed E-state index contributed by atoms with van der Waals surface area (Å²) in [6.07, 6.45) is 1.51. The van der Waals surface area contributed by atoms with Crippen LogP contribution in [0.15, 0.2) is 52.0 Å². The second kappa shape index (κ2) is 8.42. The van der Waals surface area contributed by atoms with Crippen LogP contribution in [0.1, 0.15) is 15.9 Å². The van der Waals surface area contributed by atoms with Crippen LogP contribution < -0.4 is 20.6 Å². The number of thiocarbonyl (C=S) groups is 1. The van der Waals surface area contributed by atoms with Gasteiger partial charge in [0.05, 0.1) is 23.4 Å². The van der Waals surface area contributed by atoms with Crippen molar-refractivity contribution >= 4 is 45.4 Å². The van der Waals surface area contributed by atoms with E-state index < -0.39 is 5.97 Å². The van der Waals surface area contributed by atoms with Gasteiger partial charge in [0.1, 0.15) is 0 Å². The molecule has 124 valence electrons. The molecule has 0 unspecified atom stereocenters. The highest BCUT2D eigenvalue weighted by Gasteiger charge is 2.16. The molecule has 0 saturated carbocycles. The molecular weight excluding hydrogens is 394 g/mol. The van der Waals surface area contributed by atoms with E-state index in [0.29, 0.717) is 21.3 Å². The molecule has 8 heteroatoms. The fourth-order valence-corrected chi connectivity index (χ4v) is 2.40. The minimum absolute atomic E-state index is 0.0608. The van der Waals surface area contributed by atoms with Gasteiger partial charge in [0.25, 0.3) is 0 Å². The third-order valence-electron chi connectivity index (χ3n) is 2.84. The zero-order valence-electron chi connectivity index (χ0n) is 12.7. The van der Waals surface area contributed by atoms with Gasteiger partial charge >= 0.3 is 5.97 Å². The van der Waals surface area contributed by atoms with Crippen molar-refractivity contribution < 1.29 is 14.3 Å². The summed E-state index contributed by atoms with van der Waals surface area (Å²) in [4.78, 5) is 12.2. The number of carbonyl (C=O) groups is 1. The van der Waals surface area contributed by atoms with E-state index in [2.05, 4.69) is 38.7 Å². The molecule has 0 aliphatic heterocycles. The van der Waals surface area contributed by atoms with Crippen LogP contribution in [0.5, 0.6) is 11.5 Å². The zero-order chi connectivity index (χ0) is 17.5. The van der Waals surface area contributed by atoms with Crippen molar-refractivity contribution in [2.45, 2.75) is 0 Å². The van der Waals surface area contributed by atoms with Crippen LogP contribution in [0, 0.1) is 0 Å². The molecule has 24 heavy (non-hydrogen) atoms. The van der Waals surface area contributed by atoms with Gasteiger partial charge in [-0.25, -0.2) is 4.79 Å². The topological polar surface area (TPSA) is 85.9 Å². The fraction of sp³-hybridized carbons (Fsp3) is 0.0625. The van der Waals surface area contributed by atoms with Gasteiger partial charge in [-0.3, -0.25) is 5.43 Å². The number of esters is 1. The first kappa shape index (κ1) is 17.9. The van der Waals surface area contributed by atoms with Gasteiger partial charge in [-0.05, 0) is 58.0 Å². The van der Waals surface area contributed by atoms with Crippen LogP contribution in [-0.2, 0) is 0 Å². The van der Waals surface area contributed by atoms with E-state index in [4.69, 9.17) is 15.2 Å². The normalized spacial score (nSPS) is 10.4. The Balaban J connectivity index is 2.25. The van der Waals surface area contributed by atoms with E-state index in [1.54, 1.807) is 36.4 Å². The summed E-state index contributed by atoms with van der Waals surface area (Å²) in [6.45, 7) is 0. The Morgan fingerprint density at radius 3 is 2.67 bits per heavy atom. The quantitative estimate of drug-likeness (QED) is 0.260. The third-order valence-corrected chi connectivity index (χ3v) is 3.52. The maximum absolute atomic E-state index is 12.2. The van der Waals surface area contributed by atoms with E-state index in [0.717, 1.165) is 0 Å². The van der Waals surface area contributed by atoms with E-state index in [9.17, 15) is 4.79 Å². The molecule has 2 rings (SSSR count). The molecule has 6 nitrogen and oxygen atoms in total. The highest BCUT2D eigenvalue weighted by atomic mass is 79.9. The number of nitrogens with zero attached hydrogens (tertiary/aromatic N) is 1. The molecule has 0 aliphatic carbocycles. The van der Waals surface area contributed by atoms with Gasteiger partial charge in [0, 0.05) is 0 Å². The summed E-state index contributed by atoms with van der Waals surface area (Å²) in [7, 11) is 1.48. The number of ether oxygens (including phenoxy) is 2.